The number of rotatable bonds is 8. The number of carbonyl (C=O) groups excluding carboxylic acids is 2. The zero-order chi connectivity index (χ0) is 26.7. The van der Waals surface area contributed by atoms with Crippen LogP contribution in [0.3, 0.4) is 0 Å². The molecule has 0 saturated carbocycles. The van der Waals surface area contributed by atoms with E-state index in [0.29, 0.717) is 15.8 Å². The summed E-state index contributed by atoms with van der Waals surface area (Å²) in [6, 6.07) is 16.9. The summed E-state index contributed by atoms with van der Waals surface area (Å²) in [7, 11) is -4.11. The molecule has 3 aromatic rings. The Kier molecular flexibility index (Phi) is 8.11. The maximum atomic E-state index is 13.0. The summed E-state index contributed by atoms with van der Waals surface area (Å²) in [6.45, 7) is 5.97. The van der Waals surface area contributed by atoms with Gasteiger partial charge in [-0.3, -0.25) is 14.5 Å². The monoisotopic (exact) mass is 601 g/mol. The molecule has 4 rings (SSSR count). The maximum absolute atomic E-state index is 13.0. The van der Waals surface area contributed by atoms with Gasteiger partial charge in [0.15, 0.2) is 0 Å². The van der Waals surface area contributed by atoms with Crippen LogP contribution in [-0.4, -0.2) is 37.6 Å². The van der Waals surface area contributed by atoms with Crippen molar-refractivity contribution in [2.24, 2.45) is 0 Å². The smallest absolute Gasteiger partial charge is 0.339 e. The third-order valence-electron chi connectivity index (χ3n) is 5.56. The van der Waals surface area contributed by atoms with Gasteiger partial charge in [-0.2, -0.15) is 8.42 Å². The largest absolute Gasteiger partial charge is 0.491 e. The number of halogens is 1. The highest BCUT2D eigenvalue weighted by atomic mass is 79.9. The second kappa shape index (κ2) is 11.1. The van der Waals surface area contributed by atoms with E-state index in [1.807, 2.05) is 39.0 Å². The fourth-order valence-electron chi connectivity index (χ4n) is 3.52. The normalized spacial score (nSPS) is 14.9. The summed E-state index contributed by atoms with van der Waals surface area (Å²) in [5.41, 5.74) is 3.26. The second-order valence-electron chi connectivity index (χ2n) is 8.48. The lowest BCUT2D eigenvalue weighted by molar-refractivity contribution is -0.123. The van der Waals surface area contributed by atoms with Crippen molar-refractivity contribution in [3.8, 4) is 11.5 Å². The van der Waals surface area contributed by atoms with Crippen molar-refractivity contribution in [1.82, 2.24) is 4.90 Å². The maximum Gasteiger partial charge on any atom is 0.339 e. The van der Waals surface area contributed by atoms with E-state index < -0.39 is 21.3 Å². The van der Waals surface area contributed by atoms with E-state index in [1.165, 1.54) is 24.3 Å². The molecule has 7 nitrogen and oxygen atoms in total. The average Bonchev–Trinajstić information content (AvgIpc) is 3.10. The lowest BCUT2D eigenvalue weighted by atomic mass is 10.1. The highest BCUT2D eigenvalue weighted by molar-refractivity contribution is 9.10. The molecule has 1 aliphatic heterocycles. The predicted molar refractivity (Wildman–Crippen MR) is 147 cm³/mol. The molecule has 1 saturated heterocycles. The van der Waals surface area contributed by atoms with E-state index in [1.54, 1.807) is 24.3 Å². The molecular formula is C27H24BrNO6S2. The first-order valence-electron chi connectivity index (χ1n) is 11.3. The van der Waals surface area contributed by atoms with Gasteiger partial charge < -0.3 is 8.92 Å². The molecule has 3 aromatic carbocycles. The van der Waals surface area contributed by atoms with Gasteiger partial charge in [0.1, 0.15) is 23.0 Å². The van der Waals surface area contributed by atoms with E-state index in [0.717, 1.165) is 33.4 Å². The number of aryl methyl sites for hydroxylation is 3. The van der Waals surface area contributed by atoms with Gasteiger partial charge >= 0.3 is 10.1 Å². The van der Waals surface area contributed by atoms with Crippen LogP contribution in [0.2, 0.25) is 0 Å². The Balaban J connectivity index is 1.52. The van der Waals surface area contributed by atoms with Crippen LogP contribution in [0.25, 0.3) is 6.08 Å². The topological polar surface area (TPSA) is 90.0 Å². The first kappa shape index (κ1) is 27.0. The number of amides is 2. The van der Waals surface area contributed by atoms with Gasteiger partial charge in [-0.25, -0.2) is 0 Å². The van der Waals surface area contributed by atoms with Crippen LogP contribution < -0.4 is 8.92 Å². The average molecular weight is 603 g/mol. The standard InChI is InChI=1S/C27H24BrNO6S2/c1-17-5-9-22(10-6-17)37(32,33)35-23-11-8-21(28)15-20(23)16-25-26(30)29(27(31)36-25)12-13-34-24-14-18(2)4-7-19(24)3/h4-11,14-16H,12-13H2,1-3H3/b25-16-. The molecule has 0 atom stereocenters. The molecule has 0 unspecified atom stereocenters. The molecule has 1 fully saturated rings. The van der Waals surface area contributed by atoms with Crippen molar-refractivity contribution in [2.45, 2.75) is 25.7 Å². The number of hydrogen-bond acceptors (Lipinski definition) is 7. The highest BCUT2D eigenvalue weighted by Crippen LogP contribution is 2.35. The van der Waals surface area contributed by atoms with E-state index in [-0.39, 0.29) is 28.7 Å². The quantitative estimate of drug-likeness (QED) is 0.222. The minimum atomic E-state index is -4.11. The Morgan fingerprint density at radius 1 is 0.919 bits per heavy atom. The fourth-order valence-corrected chi connectivity index (χ4v) is 5.71. The Hall–Kier alpha value is -3.08. The summed E-state index contributed by atoms with van der Waals surface area (Å²) >= 11 is 4.15. The van der Waals surface area contributed by atoms with Gasteiger partial charge in [-0.1, -0.05) is 45.8 Å². The lowest BCUT2D eigenvalue weighted by Gasteiger charge is -2.14. The Bertz CT molecular complexity index is 1500. The molecule has 1 heterocycles. The molecule has 10 heteroatoms. The molecule has 0 N–H and O–H groups in total. The lowest BCUT2D eigenvalue weighted by Crippen LogP contribution is -2.32. The van der Waals surface area contributed by atoms with Gasteiger partial charge in [0.25, 0.3) is 11.1 Å². The molecule has 0 aromatic heterocycles. The van der Waals surface area contributed by atoms with Crippen LogP contribution in [0, 0.1) is 20.8 Å². The Morgan fingerprint density at radius 3 is 2.35 bits per heavy atom. The first-order valence-corrected chi connectivity index (χ1v) is 14.3. The molecule has 0 aliphatic carbocycles. The van der Waals surface area contributed by atoms with Crippen molar-refractivity contribution in [2.75, 3.05) is 13.2 Å². The van der Waals surface area contributed by atoms with Crippen LogP contribution in [0.4, 0.5) is 4.79 Å². The number of carbonyl (C=O) groups is 2. The highest BCUT2D eigenvalue weighted by Gasteiger charge is 2.35. The van der Waals surface area contributed by atoms with Crippen LogP contribution in [0.1, 0.15) is 22.3 Å². The van der Waals surface area contributed by atoms with Crippen molar-refractivity contribution < 1.29 is 26.9 Å². The van der Waals surface area contributed by atoms with Gasteiger partial charge in [0, 0.05) is 10.0 Å². The predicted octanol–water partition coefficient (Wildman–Crippen LogP) is 6.26. The van der Waals surface area contributed by atoms with E-state index in [2.05, 4.69) is 15.9 Å². The van der Waals surface area contributed by atoms with Gasteiger partial charge in [0.05, 0.1) is 11.4 Å². The van der Waals surface area contributed by atoms with Gasteiger partial charge in [-0.05, 0) is 86.1 Å². The van der Waals surface area contributed by atoms with Crippen LogP contribution in [0.5, 0.6) is 11.5 Å². The molecule has 0 bridgehead atoms. The summed E-state index contributed by atoms with van der Waals surface area (Å²) in [6.07, 6.45) is 1.46. The molecule has 2 amide bonds. The van der Waals surface area contributed by atoms with Crippen molar-refractivity contribution in [3.63, 3.8) is 0 Å². The fraction of sp³-hybridized carbons (Fsp3) is 0.185. The minimum absolute atomic E-state index is 0.0103. The van der Waals surface area contributed by atoms with Crippen molar-refractivity contribution in [3.05, 3.63) is 92.3 Å². The third kappa shape index (κ3) is 6.44. The second-order valence-corrected chi connectivity index (χ2v) is 11.9. The first-order chi connectivity index (χ1) is 17.5. The summed E-state index contributed by atoms with van der Waals surface area (Å²) in [4.78, 5) is 26.9. The summed E-state index contributed by atoms with van der Waals surface area (Å²) in [5.74, 6) is 0.258. The van der Waals surface area contributed by atoms with Crippen LogP contribution >= 0.6 is 27.7 Å². The summed E-state index contributed by atoms with van der Waals surface area (Å²) in [5, 5.41) is -0.425. The SMILES string of the molecule is Cc1ccc(S(=O)(=O)Oc2ccc(Br)cc2/C=C2\SC(=O)N(CCOc3cc(C)ccc3C)C2=O)cc1. The number of benzene rings is 3. The number of ether oxygens (including phenoxy) is 1. The van der Waals surface area contributed by atoms with Crippen LogP contribution in [0.15, 0.2) is 74.9 Å². The third-order valence-corrected chi connectivity index (χ3v) is 8.21. The zero-order valence-corrected chi connectivity index (χ0v) is 23.6. The molecule has 0 radical (unpaired) electrons. The van der Waals surface area contributed by atoms with E-state index in [9.17, 15) is 18.0 Å². The molecule has 192 valence electrons. The molecule has 1 aliphatic rings. The number of nitrogens with zero attached hydrogens (tertiary/aromatic N) is 1. The van der Waals surface area contributed by atoms with E-state index >= 15 is 0 Å². The number of hydrogen-bond donors (Lipinski definition) is 0. The van der Waals surface area contributed by atoms with Crippen LogP contribution in [-0.2, 0) is 14.9 Å². The van der Waals surface area contributed by atoms with Gasteiger partial charge in [-0.15, -0.1) is 0 Å². The Labute approximate surface area is 228 Å². The molecule has 0 spiro atoms. The van der Waals surface area contributed by atoms with Crippen molar-refractivity contribution in [1.29, 1.82) is 0 Å². The number of imide groups is 1. The molecule has 37 heavy (non-hydrogen) atoms. The summed E-state index contributed by atoms with van der Waals surface area (Å²) < 4.78 is 37.5. The van der Waals surface area contributed by atoms with E-state index in [4.69, 9.17) is 8.92 Å². The van der Waals surface area contributed by atoms with Crippen molar-refractivity contribution >= 4 is 55.0 Å². The Morgan fingerprint density at radius 2 is 1.62 bits per heavy atom. The number of thioether (sulfide) groups is 1. The van der Waals surface area contributed by atoms with Gasteiger partial charge in [0.2, 0.25) is 0 Å². The minimum Gasteiger partial charge on any atom is -0.491 e. The zero-order valence-electron chi connectivity index (χ0n) is 20.4. The molecular weight excluding hydrogens is 578 g/mol.